The molecule has 0 amide bonds. The van der Waals surface area contributed by atoms with Gasteiger partial charge in [0, 0.05) is 30.7 Å². The number of hydrogen-bond acceptors (Lipinski definition) is 6. The molecule has 4 aromatic rings. The monoisotopic (exact) mass is 397 g/mol. The molecule has 0 aliphatic rings. The van der Waals surface area contributed by atoms with Crippen LogP contribution >= 0.6 is 0 Å². The Morgan fingerprint density at radius 2 is 1.53 bits per heavy atom. The lowest BCUT2D eigenvalue weighted by molar-refractivity contribution is 0.306. The van der Waals surface area contributed by atoms with Gasteiger partial charge in [-0.15, -0.1) is 0 Å². The van der Waals surface area contributed by atoms with Gasteiger partial charge in [-0.1, -0.05) is 30.3 Å². The Morgan fingerprint density at radius 3 is 2.30 bits per heavy atom. The van der Waals surface area contributed by atoms with Crippen LogP contribution in [0.25, 0.3) is 0 Å². The second-order valence-electron chi connectivity index (χ2n) is 6.82. The highest BCUT2D eigenvalue weighted by Crippen LogP contribution is 2.21. The van der Waals surface area contributed by atoms with Crippen LogP contribution in [0.2, 0.25) is 0 Å². The van der Waals surface area contributed by atoms with Crippen molar-refractivity contribution in [2.75, 3.05) is 10.6 Å². The van der Waals surface area contributed by atoms with Gasteiger partial charge in [-0.25, -0.2) is 9.97 Å². The molecule has 30 heavy (non-hydrogen) atoms. The first-order chi connectivity index (χ1) is 14.7. The van der Waals surface area contributed by atoms with E-state index in [4.69, 9.17) is 4.74 Å². The zero-order valence-electron chi connectivity index (χ0n) is 16.7. The Bertz CT molecular complexity index is 1070. The van der Waals surface area contributed by atoms with Gasteiger partial charge in [-0.3, -0.25) is 4.98 Å². The highest BCUT2D eigenvalue weighted by molar-refractivity contribution is 5.60. The maximum atomic E-state index is 5.84. The van der Waals surface area contributed by atoms with E-state index in [9.17, 15) is 0 Å². The smallest absolute Gasteiger partial charge is 0.136 e. The SMILES string of the molecule is Cc1nc(NCc2ccncc2)cc(Nc2ccc(OCc3ccccc3)cc2)n1. The van der Waals surface area contributed by atoms with E-state index in [0.29, 0.717) is 19.0 Å². The van der Waals surface area contributed by atoms with Crippen LogP contribution in [-0.4, -0.2) is 15.0 Å². The molecule has 150 valence electrons. The van der Waals surface area contributed by atoms with Crippen LogP contribution in [0.15, 0.2) is 85.2 Å². The summed E-state index contributed by atoms with van der Waals surface area (Å²) in [5, 5.41) is 6.66. The number of nitrogens with one attached hydrogen (secondary N) is 2. The quantitative estimate of drug-likeness (QED) is 0.430. The van der Waals surface area contributed by atoms with E-state index in [1.807, 2.05) is 79.7 Å². The van der Waals surface area contributed by atoms with Gasteiger partial charge in [-0.05, 0) is 54.4 Å². The highest BCUT2D eigenvalue weighted by atomic mass is 16.5. The fraction of sp³-hybridized carbons (Fsp3) is 0.125. The fourth-order valence-electron chi connectivity index (χ4n) is 2.94. The van der Waals surface area contributed by atoms with Gasteiger partial charge in [0.05, 0.1) is 0 Å². The van der Waals surface area contributed by atoms with Crippen LogP contribution in [0.3, 0.4) is 0 Å². The minimum absolute atomic E-state index is 0.547. The highest BCUT2D eigenvalue weighted by Gasteiger charge is 2.04. The predicted octanol–water partition coefficient (Wildman–Crippen LogP) is 5.11. The Hall–Kier alpha value is -3.93. The van der Waals surface area contributed by atoms with Crippen molar-refractivity contribution in [1.29, 1.82) is 0 Å². The maximum Gasteiger partial charge on any atom is 0.136 e. The molecule has 6 nitrogen and oxygen atoms in total. The topological polar surface area (TPSA) is 72.0 Å². The minimum atomic E-state index is 0.547. The van der Waals surface area contributed by atoms with Crippen molar-refractivity contribution in [2.45, 2.75) is 20.1 Å². The van der Waals surface area contributed by atoms with Crippen molar-refractivity contribution in [1.82, 2.24) is 15.0 Å². The molecule has 0 saturated carbocycles. The third-order valence-corrected chi connectivity index (χ3v) is 4.44. The minimum Gasteiger partial charge on any atom is -0.489 e. The molecule has 0 aliphatic carbocycles. The zero-order chi connectivity index (χ0) is 20.6. The summed E-state index contributed by atoms with van der Waals surface area (Å²) in [4.78, 5) is 13.0. The van der Waals surface area contributed by atoms with E-state index in [1.54, 1.807) is 12.4 Å². The number of aromatic nitrogens is 3. The Labute approximate surface area is 176 Å². The molecule has 2 aromatic heterocycles. The standard InChI is InChI=1S/C24H23N5O/c1-18-27-23(26-16-19-11-13-25-14-12-19)15-24(28-18)29-21-7-9-22(10-8-21)30-17-20-5-3-2-4-6-20/h2-15H,16-17H2,1H3,(H2,26,27,28,29). The van der Waals surface area contributed by atoms with Crippen LogP contribution in [0.4, 0.5) is 17.3 Å². The van der Waals surface area contributed by atoms with Gasteiger partial charge < -0.3 is 15.4 Å². The molecule has 0 fully saturated rings. The summed E-state index contributed by atoms with van der Waals surface area (Å²) in [5.74, 6) is 3.02. The molecular formula is C24H23N5O. The summed E-state index contributed by atoms with van der Waals surface area (Å²) < 4.78 is 5.84. The van der Waals surface area contributed by atoms with E-state index >= 15 is 0 Å². The summed E-state index contributed by atoms with van der Waals surface area (Å²) in [6, 6.07) is 23.8. The number of pyridine rings is 1. The lowest BCUT2D eigenvalue weighted by Crippen LogP contribution is -2.05. The maximum absolute atomic E-state index is 5.84. The third-order valence-electron chi connectivity index (χ3n) is 4.44. The van der Waals surface area contributed by atoms with Crippen molar-refractivity contribution < 1.29 is 4.74 Å². The second kappa shape index (κ2) is 9.52. The summed E-state index contributed by atoms with van der Waals surface area (Å²) in [6.45, 7) is 3.10. The molecule has 6 heteroatoms. The summed E-state index contributed by atoms with van der Waals surface area (Å²) in [6.07, 6.45) is 3.56. The van der Waals surface area contributed by atoms with Crippen molar-refractivity contribution >= 4 is 17.3 Å². The number of ether oxygens (including phenoxy) is 1. The molecular weight excluding hydrogens is 374 g/mol. The second-order valence-corrected chi connectivity index (χ2v) is 6.82. The molecule has 0 aliphatic heterocycles. The average Bonchev–Trinajstić information content (AvgIpc) is 2.78. The van der Waals surface area contributed by atoms with Crippen LogP contribution in [-0.2, 0) is 13.2 Å². The molecule has 0 atom stereocenters. The van der Waals surface area contributed by atoms with E-state index in [1.165, 1.54) is 0 Å². The summed E-state index contributed by atoms with van der Waals surface area (Å²) >= 11 is 0. The van der Waals surface area contributed by atoms with Gasteiger partial charge in [0.2, 0.25) is 0 Å². The van der Waals surface area contributed by atoms with Gasteiger partial charge in [-0.2, -0.15) is 0 Å². The number of hydrogen-bond donors (Lipinski definition) is 2. The first kappa shape index (κ1) is 19.4. The Balaban J connectivity index is 1.37. The average molecular weight is 397 g/mol. The number of nitrogens with zero attached hydrogens (tertiary/aromatic N) is 3. The molecule has 2 heterocycles. The molecule has 4 rings (SSSR count). The number of aryl methyl sites for hydroxylation is 1. The lowest BCUT2D eigenvalue weighted by Gasteiger charge is -2.11. The first-order valence-electron chi connectivity index (χ1n) is 9.77. The molecule has 0 bridgehead atoms. The van der Waals surface area contributed by atoms with Crippen LogP contribution in [0.5, 0.6) is 5.75 Å². The van der Waals surface area contributed by atoms with Crippen LogP contribution in [0.1, 0.15) is 17.0 Å². The van der Waals surface area contributed by atoms with Gasteiger partial charge in [0.15, 0.2) is 0 Å². The molecule has 2 aromatic carbocycles. The number of anilines is 3. The largest absolute Gasteiger partial charge is 0.489 e. The van der Waals surface area contributed by atoms with Gasteiger partial charge >= 0.3 is 0 Å². The predicted molar refractivity (Wildman–Crippen MR) is 119 cm³/mol. The third kappa shape index (κ3) is 5.54. The van der Waals surface area contributed by atoms with E-state index in [2.05, 4.69) is 25.6 Å². The zero-order valence-corrected chi connectivity index (χ0v) is 16.7. The normalized spacial score (nSPS) is 10.4. The molecule has 0 saturated heterocycles. The van der Waals surface area contributed by atoms with E-state index in [0.717, 1.165) is 34.2 Å². The van der Waals surface area contributed by atoms with Crippen LogP contribution in [0, 0.1) is 6.92 Å². The van der Waals surface area contributed by atoms with Crippen LogP contribution < -0.4 is 15.4 Å². The summed E-state index contributed by atoms with van der Waals surface area (Å²) in [5.41, 5.74) is 3.21. The van der Waals surface area contributed by atoms with Gasteiger partial charge in [0.1, 0.15) is 29.8 Å². The summed E-state index contributed by atoms with van der Waals surface area (Å²) in [7, 11) is 0. The Kier molecular flexibility index (Phi) is 6.15. The molecule has 0 radical (unpaired) electrons. The van der Waals surface area contributed by atoms with Gasteiger partial charge in [0.25, 0.3) is 0 Å². The number of rotatable bonds is 8. The van der Waals surface area contributed by atoms with Crippen molar-refractivity contribution in [3.05, 3.63) is 102 Å². The molecule has 0 unspecified atom stereocenters. The fourth-order valence-corrected chi connectivity index (χ4v) is 2.94. The first-order valence-corrected chi connectivity index (χ1v) is 9.77. The molecule has 0 spiro atoms. The molecule has 2 N–H and O–H groups in total. The van der Waals surface area contributed by atoms with E-state index in [-0.39, 0.29) is 0 Å². The van der Waals surface area contributed by atoms with Crippen molar-refractivity contribution in [3.63, 3.8) is 0 Å². The Morgan fingerprint density at radius 1 is 0.800 bits per heavy atom. The van der Waals surface area contributed by atoms with Crippen molar-refractivity contribution in [3.8, 4) is 5.75 Å². The lowest BCUT2D eigenvalue weighted by atomic mass is 10.2. The number of benzene rings is 2. The van der Waals surface area contributed by atoms with Crippen molar-refractivity contribution in [2.24, 2.45) is 0 Å². The van der Waals surface area contributed by atoms with E-state index < -0.39 is 0 Å².